The summed E-state index contributed by atoms with van der Waals surface area (Å²) in [5.41, 5.74) is 11.1. The molecule has 0 spiro atoms. The number of hydrogen-bond donors (Lipinski definition) is 1. The molecule has 3 aromatic heterocycles. The van der Waals surface area contributed by atoms with Gasteiger partial charge in [-0.1, -0.05) is 33.8 Å². The molecule has 252 valence electrons. The Hall–Kier alpha value is -3.40. The zero-order chi connectivity index (χ0) is 33.6. The molecule has 0 saturated carbocycles. The number of amides is 1. The van der Waals surface area contributed by atoms with Crippen LogP contribution in [0.15, 0.2) is 41.9 Å². The molecule has 1 aliphatic rings. The van der Waals surface area contributed by atoms with Crippen molar-refractivity contribution in [3.63, 3.8) is 0 Å². The average molecular weight is 658 g/mol. The van der Waals surface area contributed by atoms with Crippen LogP contribution in [0.5, 0.6) is 0 Å². The van der Waals surface area contributed by atoms with Crippen LogP contribution in [0.25, 0.3) is 33.4 Å². The minimum Gasteiger partial charge on any atom is -0.371 e. The van der Waals surface area contributed by atoms with E-state index in [-0.39, 0.29) is 23.8 Å². The molecule has 5 rings (SSSR count). The Bertz CT molecular complexity index is 1670. The third-order valence-corrected chi connectivity index (χ3v) is 10.4. The van der Waals surface area contributed by atoms with Gasteiger partial charge in [-0.15, -0.1) is 11.3 Å². The van der Waals surface area contributed by atoms with Crippen LogP contribution in [0.4, 0.5) is 0 Å². The predicted octanol–water partition coefficient (Wildman–Crippen LogP) is 8.50. The van der Waals surface area contributed by atoms with Crippen molar-refractivity contribution >= 4 is 34.4 Å². The average Bonchev–Trinajstić information content (AvgIpc) is 3.70. The van der Waals surface area contributed by atoms with Crippen LogP contribution in [0, 0.1) is 5.41 Å². The van der Waals surface area contributed by atoms with Crippen molar-refractivity contribution in [2.24, 2.45) is 5.41 Å². The summed E-state index contributed by atoms with van der Waals surface area (Å²) in [7, 11) is 0. The third kappa shape index (κ3) is 7.85. The Labute approximate surface area is 283 Å². The molecule has 1 aliphatic heterocycles. The van der Waals surface area contributed by atoms with Crippen molar-refractivity contribution in [2.45, 2.75) is 105 Å². The molecule has 1 saturated heterocycles. The van der Waals surface area contributed by atoms with Crippen LogP contribution in [0.2, 0.25) is 0 Å². The van der Waals surface area contributed by atoms with E-state index in [1.165, 1.54) is 27.7 Å². The number of ether oxygens (including phenoxy) is 1. The first-order chi connectivity index (χ1) is 22.7. The topological polar surface area (TPSA) is 89.3 Å². The largest absolute Gasteiger partial charge is 0.371 e. The second-order valence-electron chi connectivity index (χ2n) is 13.5. The summed E-state index contributed by atoms with van der Waals surface area (Å²) in [5.74, 6) is 0.369. The summed E-state index contributed by atoms with van der Waals surface area (Å²) in [6, 6.07) is 10.9. The number of benzene rings is 1. The van der Waals surface area contributed by atoms with Gasteiger partial charge in [0.2, 0.25) is 5.91 Å². The number of hydrazine groups is 1. The molecule has 4 heterocycles. The molecule has 8 nitrogen and oxygen atoms in total. The van der Waals surface area contributed by atoms with Gasteiger partial charge in [-0.25, -0.2) is 10.4 Å². The van der Waals surface area contributed by atoms with Crippen LogP contribution in [-0.4, -0.2) is 51.4 Å². The minimum absolute atomic E-state index is 0.0451. The fraction of sp³-hybridized carbons (Fsp3) is 0.526. The first kappa shape index (κ1) is 34.9. The molecule has 1 fully saturated rings. The fourth-order valence-electron chi connectivity index (χ4n) is 6.78. The quantitative estimate of drug-likeness (QED) is 0.129. The molecule has 0 aliphatic carbocycles. The standard InChI is InChI=1S/C38H51N5O3S/c1-7-26(4)35-28(14-12-18-39-35)36-30(24-38(5,6)17-13-21-44)29-22-27(15-16-32(29)42(36)8-2)31-25-47-37(41-31)33(46-9-3)23-34(45)43-20-11-10-19-40-43/h12,14-16,18,21-22,25-26,33,40H,7-11,13,17,19-20,23-24H2,1-6H3. The van der Waals surface area contributed by atoms with Crippen LogP contribution in [-0.2, 0) is 27.3 Å². The second-order valence-corrected chi connectivity index (χ2v) is 14.4. The summed E-state index contributed by atoms with van der Waals surface area (Å²) in [6.07, 6.45) is 8.12. The number of carbonyl (C=O) groups excluding carboxylic acids is 2. The molecule has 47 heavy (non-hydrogen) atoms. The van der Waals surface area contributed by atoms with E-state index in [0.717, 1.165) is 80.0 Å². The van der Waals surface area contributed by atoms with E-state index in [2.05, 4.69) is 74.3 Å². The van der Waals surface area contributed by atoms with Crippen molar-refractivity contribution in [1.29, 1.82) is 0 Å². The number of hydrogen-bond acceptors (Lipinski definition) is 7. The van der Waals surface area contributed by atoms with E-state index in [4.69, 9.17) is 14.7 Å². The number of aromatic nitrogens is 3. The highest BCUT2D eigenvalue weighted by Gasteiger charge is 2.29. The van der Waals surface area contributed by atoms with Gasteiger partial charge >= 0.3 is 0 Å². The van der Waals surface area contributed by atoms with Crippen molar-refractivity contribution in [3.8, 4) is 22.5 Å². The SMILES string of the molecule is CCOC(CC(=O)N1CCCCN1)c1nc(-c2ccc3c(c2)c(CC(C)(C)CCC=O)c(-c2cccnc2C(C)CC)n3CC)cs1. The van der Waals surface area contributed by atoms with Gasteiger partial charge in [0.15, 0.2) is 0 Å². The highest BCUT2D eigenvalue weighted by Crippen LogP contribution is 2.43. The number of rotatable bonds is 15. The number of aldehydes is 1. The molecular weight excluding hydrogens is 607 g/mol. The van der Waals surface area contributed by atoms with E-state index < -0.39 is 0 Å². The number of carbonyl (C=O) groups is 2. The molecule has 0 radical (unpaired) electrons. The summed E-state index contributed by atoms with van der Waals surface area (Å²) in [5, 5.41) is 5.85. The number of aryl methyl sites for hydroxylation is 1. The highest BCUT2D eigenvalue weighted by atomic mass is 32.1. The van der Waals surface area contributed by atoms with Crippen LogP contribution < -0.4 is 5.43 Å². The van der Waals surface area contributed by atoms with Gasteiger partial charge in [0.1, 0.15) is 17.4 Å². The van der Waals surface area contributed by atoms with Gasteiger partial charge in [-0.2, -0.15) is 0 Å². The lowest BCUT2D eigenvalue weighted by Gasteiger charge is -2.28. The molecule has 9 heteroatoms. The number of nitrogens with one attached hydrogen (secondary N) is 1. The lowest BCUT2D eigenvalue weighted by molar-refractivity contribution is -0.138. The molecule has 1 aromatic carbocycles. The highest BCUT2D eigenvalue weighted by molar-refractivity contribution is 7.10. The van der Waals surface area contributed by atoms with Gasteiger partial charge in [0.05, 0.1) is 23.5 Å². The second kappa shape index (κ2) is 15.7. The molecule has 0 bridgehead atoms. The van der Waals surface area contributed by atoms with Crippen molar-refractivity contribution in [3.05, 3.63) is 58.2 Å². The Morgan fingerprint density at radius 1 is 1.19 bits per heavy atom. The number of pyridine rings is 1. The minimum atomic E-state index is -0.384. The Morgan fingerprint density at radius 2 is 2.02 bits per heavy atom. The smallest absolute Gasteiger partial charge is 0.239 e. The van der Waals surface area contributed by atoms with Crippen molar-refractivity contribution in [1.82, 2.24) is 25.0 Å². The number of fused-ring (bicyclic) bond motifs is 1. The third-order valence-electron chi connectivity index (χ3n) is 9.48. The van der Waals surface area contributed by atoms with Crippen LogP contribution in [0.3, 0.4) is 0 Å². The molecule has 1 N–H and O–H groups in total. The summed E-state index contributed by atoms with van der Waals surface area (Å²) in [6.45, 7) is 16.1. The maximum absolute atomic E-state index is 13.1. The first-order valence-corrected chi connectivity index (χ1v) is 18.2. The van der Waals surface area contributed by atoms with Crippen molar-refractivity contribution in [2.75, 3.05) is 19.7 Å². The van der Waals surface area contributed by atoms with E-state index in [9.17, 15) is 9.59 Å². The van der Waals surface area contributed by atoms with Crippen molar-refractivity contribution < 1.29 is 14.3 Å². The van der Waals surface area contributed by atoms with Gasteiger partial charge in [0, 0.05) is 66.3 Å². The van der Waals surface area contributed by atoms with Gasteiger partial charge in [-0.3, -0.25) is 14.8 Å². The zero-order valence-electron chi connectivity index (χ0n) is 29.0. The lowest BCUT2D eigenvalue weighted by Crippen LogP contribution is -2.47. The van der Waals surface area contributed by atoms with Crippen LogP contribution in [0.1, 0.15) is 108 Å². The Balaban J connectivity index is 1.59. The number of nitrogens with zero attached hydrogens (tertiary/aromatic N) is 4. The summed E-state index contributed by atoms with van der Waals surface area (Å²) >= 11 is 1.55. The summed E-state index contributed by atoms with van der Waals surface area (Å²) in [4.78, 5) is 34.4. The molecule has 1 amide bonds. The number of thiazole rings is 1. The monoisotopic (exact) mass is 657 g/mol. The predicted molar refractivity (Wildman–Crippen MR) is 191 cm³/mol. The van der Waals surface area contributed by atoms with E-state index >= 15 is 0 Å². The van der Waals surface area contributed by atoms with Gasteiger partial charge in [-0.05, 0) is 87.1 Å². The van der Waals surface area contributed by atoms with E-state index in [1.54, 1.807) is 16.3 Å². The van der Waals surface area contributed by atoms with Gasteiger partial charge in [0.25, 0.3) is 0 Å². The Morgan fingerprint density at radius 3 is 2.72 bits per heavy atom. The normalized spacial score (nSPS) is 15.2. The summed E-state index contributed by atoms with van der Waals surface area (Å²) < 4.78 is 8.51. The molecule has 2 unspecified atom stereocenters. The van der Waals surface area contributed by atoms with E-state index in [1.807, 2.05) is 19.2 Å². The fourth-order valence-corrected chi connectivity index (χ4v) is 7.65. The van der Waals surface area contributed by atoms with Crippen LogP contribution >= 0.6 is 11.3 Å². The first-order valence-electron chi connectivity index (χ1n) is 17.4. The maximum Gasteiger partial charge on any atom is 0.239 e. The molecule has 2 atom stereocenters. The molecule has 4 aromatic rings. The Kier molecular flexibility index (Phi) is 11.6. The molecular formula is C38H51N5O3S. The van der Waals surface area contributed by atoms with E-state index in [0.29, 0.717) is 18.9 Å². The maximum atomic E-state index is 13.1. The zero-order valence-corrected chi connectivity index (χ0v) is 29.8. The van der Waals surface area contributed by atoms with Gasteiger partial charge < -0.3 is 14.1 Å². The lowest BCUT2D eigenvalue weighted by atomic mass is 9.80.